The third kappa shape index (κ3) is 4.17. The van der Waals surface area contributed by atoms with Crippen LogP contribution in [0.25, 0.3) is 10.8 Å². The Morgan fingerprint density at radius 3 is 2.00 bits per heavy atom. The summed E-state index contributed by atoms with van der Waals surface area (Å²) in [6, 6.07) is 13.3. The van der Waals surface area contributed by atoms with Gasteiger partial charge in [-0.3, -0.25) is 0 Å². The first kappa shape index (κ1) is 17.9. The number of benzene rings is 2. The first-order valence-electron chi connectivity index (χ1n) is 9.00. The molecule has 130 valence electrons. The van der Waals surface area contributed by atoms with Crippen molar-refractivity contribution in [2.24, 2.45) is 0 Å². The molecule has 0 radical (unpaired) electrons. The molecule has 0 spiro atoms. The van der Waals surface area contributed by atoms with Crippen LogP contribution >= 0.6 is 0 Å². The average molecular weight is 359 g/mol. The third-order valence-electron chi connectivity index (χ3n) is 4.34. The number of fused-ring (bicyclic) bond motifs is 2. The van der Waals surface area contributed by atoms with Crippen molar-refractivity contribution < 1.29 is 8.85 Å². The van der Waals surface area contributed by atoms with E-state index in [-0.39, 0.29) is 12.2 Å². The Bertz CT molecular complexity index is 728. The van der Waals surface area contributed by atoms with Crippen molar-refractivity contribution in [1.29, 1.82) is 0 Å². The second kappa shape index (κ2) is 6.41. The molecule has 0 saturated carbocycles. The van der Waals surface area contributed by atoms with Crippen LogP contribution in [-0.2, 0) is 15.3 Å². The number of hydrogen-bond donors (Lipinski definition) is 0. The lowest BCUT2D eigenvalue weighted by Gasteiger charge is -2.40. The summed E-state index contributed by atoms with van der Waals surface area (Å²) in [7, 11) is -3.26. The molecule has 2 aromatic carbocycles. The maximum absolute atomic E-state index is 6.65. The van der Waals surface area contributed by atoms with Gasteiger partial charge in [-0.25, -0.2) is 0 Å². The molecule has 4 heteroatoms. The van der Waals surface area contributed by atoms with Gasteiger partial charge in [-0.05, 0) is 80.1 Å². The van der Waals surface area contributed by atoms with Crippen LogP contribution in [-0.4, -0.2) is 22.7 Å². The lowest BCUT2D eigenvalue weighted by molar-refractivity contribution is 0.0304. The maximum atomic E-state index is 6.65. The minimum atomic E-state index is -1.66. The van der Waals surface area contributed by atoms with Gasteiger partial charge in [-0.1, -0.05) is 30.3 Å². The van der Waals surface area contributed by atoms with E-state index in [1.807, 2.05) is 0 Å². The van der Waals surface area contributed by atoms with E-state index in [0.29, 0.717) is 0 Å². The summed E-state index contributed by atoms with van der Waals surface area (Å²) >= 11 is 0. The maximum Gasteiger partial charge on any atom is 0.184 e. The van der Waals surface area contributed by atoms with Gasteiger partial charge in [0.25, 0.3) is 0 Å². The van der Waals surface area contributed by atoms with Crippen LogP contribution in [0.2, 0.25) is 39.3 Å². The van der Waals surface area contributed by atoms with Gasteiger partial charge >= 0.3 is 0 Å². The molecule has 0 heterocycles. The van der Waals surface area contributed by atoms with Crippen LogP contribution < -0.4 is 0 Å². The molecule has 2 nitrogen and oxygen atoms in total. The molecule has 2 aromatic rings. The molecule has 0 bridgehead atoms. The van der Waals surface area contributed by atoms with E-state index in [1.165, 1.54) is 21.9 Å². The SMILES string of the molecule is C[Si](C)(C)O[C@H]1CCc2cc3ccccc3cc2[C@H]1O[Si](C)(C)C. The number of aryl methyl sites for hydroxylation is 1. The fraction of sp³-hybridized carbons (Fsp3) is 0.500. The lowest BCUT2D eigenvalue weighted by Crippen LogP contribution is -2.42. The fourth-order valence-corrected chi connectivity index (χ4v) is 5.72. The zero-order valence-corrected chi connectivity index (χ0v) is 17.8. The molecule has 0 amide bonds. The van der Waals surface area contributed by atoms with Gasteiger partial charge in [0.1, 0.15) is 0 Å². The molecule has 24 heavy (non-hydrogen) atoms. The largest absolute Gasteiger partial charge is 0.412 e. The first-order valence-corrected chi connectivity index (χ1v) is 15.8. The van der Waals surface area contributed by atoms with Gasteiger partial charge < -0.3 is 8.85 Å². The van der Waals surface area contributed by atoms with E-state index in [9.17, 15) is 0 Å². The predicted molar refractivity (Wildman–Crippen MR) is 108 cm³/mol. The molecule has 1 aliphatic rings. The quantitative estimate of drug-likeness (QED) is 0.634. The highest BCUT2D eigenvalue weighted by molar-refractivity contribution is 6.70. The van der Waals surface area contributed by atoms with Crippen molar-refractivity contribution in [3.05, 3.63) is 47.5 Å². The van der Waals surface area contributed by atoms with Gasteiger partial charge in [-0.2, -0.15) is 0 Å². The summed E-state index contributed by atoms with van der Waals surface area (Å²) in [5.74, 6) is 0. The highest BCUT2D eigenvalue weighted by Crippen LogP contribution is 2.39. The second-order valence-electron chi connectivity index (χ2n) is 8.86. The average Bonchev–Trinajstić information content (AvgIpc) is 2.45. The smallest absolute Gasteiger partial charge is 0.184 e. The molecule has 2 atom stereocenters. The Hall–Kier alpha value is -0.946. The Kier molecular flexibility index (Phi) is 4.77. The van der Waals surface area contributed by atoms with Crippen LogP contribution in [0, 0.1) is 0 Å². The van der Waals surface area contributed by atoms with Crippen LogP contribution in [0.15, 0.2) is 36.4 Å². The summed E-state index contributed by atoms with van der Waals surface area (Å²) in [6.45, 7) is 13.6. The molecule has 0 unspecified atom stereocenters. The van der Waals surface area contributed by atoms with Crippen molar-refractivity contribution in [2.45, 2.75) is 64.3 Å². The van der Waals surface area contributed by atoms with E-state index in [4.69, 9.17) is 8.85 Å². The third-order valence-corrected chi connectivity index (χ3v) is 6.31. The van der Waals surface area contributed by atoms with Crippen molar-refractivity contribution in [3.63, 3.8) is 0 Å². The Morgan fingerprint density at radius 2 is 1.42 bits per heavy atom. The van der Waals surface area contributed by atoms with Gasteiger partial charge in [0.15, 0.2) is 16.6 Å². The van der Waals surface area contributed by atoms with Crippen molar-refractivity contribution in [1.82, 2.24) is 0 Å². The van der Waals surface area contributed by atoms with Gasteiger partial charge in [0.2, 0.25) is 0 Å². The molecule has 0 aliphatic heterocycles. The van der Waals surface area contributed by atoms with E-state index < -0.39 is 16.6 Å². The molecular weight excluding hydrogens is 328 g/mol. The highest BCUT2D eigenvalue weighted by Gasteiger charge is 2.37. The number of hydrogen-bond acceptors (Lipinski definition) is 2. The summed E-state index contributed by atoms with van der Waals surface area (Å²) in [4.78, 5) is 0. The van der Waals surface area contributed by atoms with Crippen LogP contribution in [0.3, 0.4) is 0 Å². The van der Waals surface area contributed by atoms with Crippen molar-refractivity contribution in [2.75, 3.05) is 0 Å². The Labute approximate surface area is 148 Å². The summed E-state index contributed by atoms with van der Waals surface area (Å²) in [5.41, 5.74) is 2.79. The first-order chi connectivity index (χ1) is 11.1. The summed E-state index contributed by atoms with van der Waals surface area (Å²) in [5, 5.41) is 2.63. The van der Waals surface area contributed by atoms with Gasteiger partial charge in [0.05, 0.1) is 12.2 Å². The van der Waals surface area contributed by atoms with Crippen molar-refractivity contribution in [3.8, 4) is 0 Å². The van der Waals surface area contributed by atoms with Gasteiger partial charge in [-0.15, -0.1) is 0 Å². The van der Waals surface area contributed by atoms with Crippen molar-refractivity contribution >= 4 is 27.4 Å². The predicted octanol–water partition coefficient (Wildman–Crippen LogP) is 5.90. The zero-order valence-electron chi connectivity index (χ0n) is 15.8. The van der Waals surface area contributed by atoms with Crippen LogP contribution in [0.5, 0.6) is 0 Å². The second-order valence-corrected chi connectivity index (χ2v) is 17.8. The minimum Gasteiger partial charge on any atom is -0.412 e. The van der Waals surface area contributed by atoms with Crippen LogP contribution in [0.1, 0.15) is 23.7 Å². The topological polar surface area (TPSA) is 18.5 Å². The molecule has 0 saturated heterocycles. The summed E-state index contributed by atoms with van der Waals surface area (Å²) in [6.07, 6.45) is 2.42. The van der Waals surface area contributed by atoms with Gasteiger partial charge in [0, 0.05) is 0 Å². The highest BCUT2D eigenvalue weighted by atomic mass is 28.4. The molecule has 0 N–H and O–H groups in total. The minimum absolute atomic E-state index is 0.0803. The van der Waals surface area contributed by atoms with E-state index >= 15 is 0 Å². The lowest BCUT2D eigenvalue weighted by atomic mass is 9.85. The number of rotatable bonds is 4. The molecular formula is C20H30O2Si2. The molecule has 1 aliphatic carbocycles. The molecule has 0 aromatic heterocycles. The molecule has 0 fully saturated rings. The van der Waals surface area contributed by atoms with Crippen LogP contribution in [0.4, 0.5) is 0 Å². The monoisotopic (exact) mass is 358 g/mol. The summed E-state index contributed by atoms with van der Waals surface area (Å²) < 4.78 is 13.2. The Balaban J connectivity index is 2.05. The Morgan fingerprint density at radius 1 is 0.833 bits per heavy atom. The zero-order chi connectivity index (χ0) is 17.5. The standard InChI is InChI=1S/C20H30O2Si2/c1-23(2,3)21-19-12-11-17-13-15-9-7-8-10-16(15)14-18(17)20(19)22-24(4,5)6/h7-10,13-14,19-20H,11-12H2,1-6H3/t19-,20+/m0/s1. The molecule has 3 rings (SSSR count). The van der Waals surface area contributed by atoms with E-state index in [1.54, 1.807) is 0 Å². The van der Waals surface area contributed by atoms with E-state index in [0.717, 1.165) is 12.8 Å². The fourth-order valence-electron chi connectivity index (χ4n) is 3.53. The van der Waals surface area contributed by atoms with E-state index in [2.05, 4.69) is 75.7 Å². The normalized spacial score (nSPS) is 21.8.